The number of carbonyl (C=O) groups is 2. The van der Waals surface area contributed by atoms with Crippen molar-refractivity contribution in [2.45, 2.75) is 13.0 Å². The second kappa shape index (κ2) is 5.50. The van der Waals surface area contributed by atoms with Gasteiger partial charge >= 0.3 is 6.03 Å². The Hall–Kier alpha value is -1.56. The first kappa shape index (κ1) is 12.5. The number of carbonyl (C=O) groups excluding carboxylic acids is 2. The number of halogens is 1. The molecule has 16 heavy (non-hydrogen) atoms. The number of rotatable bonds is 3. The van der Waals surface area contributed by atoms with Crippen LogP contribution in [0.5, 0.6) is 0 Å². The van der Waals surface area contributed by atoms with Gasteiger partial charge in [0.1, 0.15) is 6.04 Å². The number of amides is 3. The summed E-state index contributed by atoms with van der Waals surface area (Å²) in [5.41, 5.74) is 5.57. The molecule has 0 fully saturated rings. The minimum Gasteiger partial charge on any atom is -0.352 e. The van der Waals surface area contributed by atoms with Gasteiger partial charge in [-0.25, -0.2) is 4.79 Å². The van der Waals surface area contributed by atoms with Crippen LogP contribution in [-0.2, 0) is 4.79 Å². The summed E-state index contributed by atoms with van der Waals surface area (Å²) in [4.78, 5) is 22.1. The van der Waals surface area contributed by atoms with E-state index in [4.69, 9.17) is 5.73 Å². The van der Waals surface area contributed by atoms with Crippen molar-refractivity contribution < 1.29 is 9.59 Å². The Labute approximate surface area is 102 Å². The predicted octanol–water partition coefficient (Wildman–Crippen LogP) is 1.44. The van der Waals surface area contributed by atoms with Gasteiger partial charge in [0.15, 0.2) is 0 Å². The zero-order valence-electron chi connectivity index (χ0n) is 8.66. The van der Waals surface area contributed by atoms with E-state index in [2.05, 4.69) is 26.6 Å². The number of nitrogens with one attached hydrogen (secondary N) is 2. The maximum Gasteiger partial charge on any atom is 0.312 e. The molecule has 0 radical (unpaired) electrons. The first-order valence-corrected chi connectivity index (χ1v) is 5.40. The Morgan fingerprint density at radius 3 is 2.38 bits per heavy atom. The second-order valence-corrected chi connectivity index (χ2v) is 4.14. The van der Waals surface area contributed by atoms with E-state index in [0.29, 0.717) is 5.69 Å². The minimum absolute atomic E-state index is 0.318. The van der Waals surface area contributed by atoms with Gasteiger partial charge in [-0.3, -0.25) is 4.79 Å². The normalized spacial score (nSPS) is 11.6. The van der Waals surface area contributed by atoms with Crippen molar-refractivity contribution in [3.05, 3.63) is 28.7 Å². The minimum atomic E-state index is -0.724. The number of urea groups is 1. The van der Waals surface area contributed by atoms with Crippen LogP contribution in [0, 0.1) is 0 Å². The van der Waals surface area contributed by atoms with E-state index < -0.39 is 12.1 Å². The number of primary amides is 1. The zero-order chi connectivity index (χ0) is 12.1. The van der Waals surface area contributed by atoms with Gasteiger partial charge in [0.05, 0.1) is 0 Å². The van der Waals surface area contributed by atoms with Crippen LogP contribution in [0.3, 0.4) is 0 Å². The number of hydrogen-bond acceptors (Lipinski definition) is 2. The fraction of sp³-hybridized carbons (Fsp3) is 0.200. The summed E-state index contributed by atoms with van der Waals surface area (Å²) in [5, 5.41) is 4.94. The first-order chi connectivity index (χ1) is 7.49. The Morgan fingerprint density at radius 1 is 1.31 bits per heavy atom. The standard InChI is InChI=1S/C10H12BrN3O2/c1-6(13-10(12)16)9(15)14-8-4-2-7(11)3-5-8/h2-6H,1H3,(H,14,15)(H3,12,13,16)/t6-/m0/s1. The lowest BCUT2D eigenvalue weighted by Crippen LogP contribution is -2.44. The van der Waals surface area contributed by atoms with Crippen molar-refractivity contribution in [2.24, 2.45) is 5.73 Å². The molecule has 4 N–H and O–H groups in total. The molecule has 0 unspecified atom stereocenters. The molecule has 0 heterocycles. The van der Waals surface area contributed by atoms with Crippen LogP contribution in [0.15, 0.2) is 28.7 Å². The van der Waals surface area contributed by atoms with Gasteiger partial charge in [-0.05, 0) is 31.2 Å². The highest BCUT2D eigenvalue weighted by Gasteiger charge is 2.13. The Kier molecular flexibility index (Phi) is 4.30. The van der Waals surface area contributed by atoms with Crippen LogP contribution in [0.2, 0.25) is 0 Å². The van der Waals surface area contributed by atoms with Gasteiger partial charge < -0.3 is 16.4 Å². The third-order valence-electron chi connectivity index (χ3n) is 1.86. The highest BCUT2D eigenvalue weighted by Crippen LogP contribution is 2.14. The maximum atomic E-state index is 11.5. The third kappa shape index (κ3) is 3.90. The van der Waals surface area contributed by atoms with Crippen molar-refractivity contribution in [1.29, 1.82) is 0 Å². The molecule has 0 spiro atoms. The summed E-state index contributed by atoms with van der Waals surface area (Å²) in [6.07, 6.45) is 0. The van der Waals surface area contributed by atoms with E-state index in [1.807, 2.05) is 12.1 Å². The molecule has 1 aromatic rings. The maximum absolute atomic E-state index is 11.5. The quantitative estimate of drug-likeness (QED) is 0.785. The molecule has 0 bridgehead atoms. The summed E-state index contributed by atoms with van der Waals surface area (Å²) in [7, 11) is 0. The van der Waals surface area contributed by atoms with E-state index >= 15 is 0 Å². The lowest BCUT2D eigenvalue weighted by Gasteiger charge is -2.12. The SMILES string of the molecule is C[C@H](NC(N)=O)C(=O)Nc1ccc(Br)cc1. The lowest BCUT2D eigenvalue weighted by atomic mass is 10.3. The van der Waals surface area contributed by atoms with Crippen LogP contribution >= 0.6 is 15.9 Å². The molecule has 0 saturated heterocycles. The number of nitrogens with two attached hydrogens (primary N) is 1. The number of anilines is 1. The number of benzene rings is 1. The molecule has 0 aliphatic rings. The Bertz CT molecular complexity index is 392. The highest BCUT2D eigenvalue weighted by atomic mass is 79.9. The second-order valence-electron chi connectivity index (χ2n) is 3.23. The molecule has 1 rings (SSSR count). The summed E-state index contributed by atoms with van der Waals surface area (Å²) >= 11 is 3.29. The molecule has 1 atom stereocenters. The van der Waals surface area contributed by atoms with Gasteiger partial charge in [-0.15, -0.1) is 0 Å². The van der Waals surface area contributed by atoms with E-state index in [-0.39, 0.29) is 5.91 Å². The predicted molar refractivity (Wildman–Crippen MR) is 65.0 cm³/mol. The molecule has 3 amide bonds. The van der Waals surface area contributed by atoms with Crippen LogP contribution in [0.4, 0.5) is 10.5 Å². The average Bonchev–Trinajstić information content (AvgIpc) is 2.20. The molecule has 0 aromatic heterocycles. The van der Waals surface area contributed by atoms with Crippen LogP contribution in [0.1, 0.15) is 6.92 Å². The van der Waals surface area contributed by atoms with Crippen LogP contribution < -0.4 is 16.4 Å². The van der Waals surface area contributed by atoms with Crippen LogP contribution in [-0.4, -0.2) is 18.0 Å². The smallest absolute Gasteiger partial charge is 0.312 e. The average molecular weight is 286 g/mol. The topological polar surface area (TPSA) is 84.2 Å². The molecule has 6 heteroatoms. The Morgan fingerprint density at radius 2 is 1.88 bits per heavy atom. The molecule has 5 nitrogen and oxygen atoms in total. The van der Waals surface area contributed by atoms with Crippen molar-refractivity contribution in [2.75, 3.05) is 5.32 Å². The van der Waals surface area contributed by atoms with Gasteiger partial charge in [0.2, 0.25) is 5.91 Å². The van der Waals surface area contributed by atoms with E-state index in [0.717, 1.165) is 4.47 Å². The van der Waals surface area contributed by atoms with E-state index in [1.54, 1.807) is 19.1 Å². The largest absolute Gasteiger partial charge is 0.352 e. The molecule has 1 aromatic carbocycles. The van der Waals surface area contributed by atoms with Crippen molar-refractivity contribution in [3.8, 4) is 0 Å². The van der Waals surface area contributed by atoms with Crippen LogP contribution in [0.25, 0.3) is 0 Å². The molecule has 0 aliphatic carbocycles. The van der Waals surface area contributed by atoms with Crippen molar-refractivity contribution in [3.63, 3.8) is 0 Å². The number of hydrogen-bond donors (Lipinski definition) is 3. The monoisotopic (exact) mass is 285 g/mol. The zero-order valence-corrected chi connectivity index (χ0v) is 10.2. The third-order valence-corrected chi connectivity index (χ3v) is 2.39. The molecular weight excluding hydrogens is 274 g/mol. The van der Waals surface area contributed by atoms with Gasteiger partial charge in [-0.1, -0.05) is 15.9 Å². The molecule has 86 valence electrons. The van der Waals surface area contributed by atoms with Crippen molar-refractivity contribution in [1.82, 2.24) is 5.32 Å². The molecular formula is C10H12BrN3O2. The first-order valence-electron chi connectivity index (χ1n) is 4.61. The summed E-state index contributed by atoms with van der Waals surface area (Å²) in [6.45, 7) is 1.55. The van der Waals surface area contributed by atoms with E-state index in [9.17, 15) is 9.59 Å². The Balaban J connectivity index is 2.57. The summed E-state index contributed by atoms with van der Waals surface area (Å²) in [6, 6.07) is 5.72. The van der Waals surface area contributed by atoms with Gasteiger partial charge in [0.25, 0.3) is 0 Å². The van der Waals surface area contributed by atoms with Gasteiger partial charge in [0, 0.05) is 10.2 Å². The lowest BCUT2D eigenvalue weighted by molar-refractivity contribution is -0.117. The fourth-order valence-corrected chi connectivity index (χ4v) is 1.33. The summed E-state index contributed by atoms with van der Waals surface area (Å²) in [5.74, 6) is -0.318. The van der Waals surface area contributed by atoms with E-state index in [1.165, 1.54) is 0 Å². The fourth-order valence-electron chi connectivity index (χ4n) is 1.06. The highest BCUT2D eigenvalue weighted by molar-refractivity contribution is 9.10. The molecule has 0 aliphatic heterocycles. The summed E-state index contributed by atoms with van der Waals surface area (Å²) < 4.78 is 0.925. The van der Waals surface area contributed by atoms with Crippen molar-refractivity contribution >= 4 is 33.6 Å². The van der Waals surface area contributed by atoms with Gasteiger partial charge in [-0.2, -0.15) is 0 Å². The molecule has 0 saturated carbocycles.